The monoisotopic (exact) mass is 339 g/mol. The number of hydrogen-bond acceptors (Lipinski definition) is 4. The van der Waals surface area contributed by atoms with Crippen LogP contribution in [0.4, 0.5) is 19.1 Å². The number of thiophene rings is 1. The average molecular weight is 339 g/mol. The van der Waals surface area contributed by atoms with Gasteiger partial charge < -0.3 is 15.3 Å². The number of nitrogens with two attached hydrogens (primary N) is 1. The molecule has 3 N–H and O–H groups in total. The predicted octanol–water partition coefficient (Wildman–Crippen LogP) is 5.29. The van der Waals surface area contributed by atoms with Crippen LogP contribution < -0.4 is 5.73 Å². The quantitative estimate of drug-likeness (QED) is 0.667. The van der Waals surface area contributed by atoms with Gasteiger partial charge >= 0.3 is 6.18 Å². The molecule has 7 heteroatoms. The lowest BCUT2D eigenvalue weighted by atomic mass is 10.00. The van der Waals surface area contributed by atoms with Crippen molar-refractivity contribution in [2.45, 2.75) is 13.1 Å². The summed E-state index contributed by atoms with van der Waals surface area (Å²) in [6, 6.07) is 7.28. The lowest BCUT2D eigenvalue weighted by molar-refractivity contribution is -0.138. The number of benzene rings is 1. The fourth-order valence-electron chi connectivity index (χ4n) is 2.38. The van der Waals surface area contributed by atoms with Crippen molar-refractivity contribution in [3.8, 4) is 27.5 Å². The van der Waals surface area contributed by atoms with Gasteiger partial charge in [-0.05, 0) is 35.6 Å². The van der Waals surface area contributed by atoms with E-state index in [1.54, 1.807) is 17.5 Å². The Hall–Kier alpha value is -2.41. The number of alkyl halides is 3. The van der Waals surface area contributed by atoms with Crippen LogP contribution in [0.5, 0.6) is 5.75 Å². The summed E-state index contributed by atoms with van der Waals surface area (Å²) in [6.07, 6.45) is -4.48. The highest BCUT2D eigenvalue weighted by Gasteiger charge is 2.33. The molecule has 0 aliphatic heterocycles. The maximum absolute atomic E-state index is 13.1. The summed E-state index contributed by atoms with van der Waals surface area (Å²) in [5.41, 5.74) is 5.33. The number of aryl methyl sites for hydroxylation is 1. The van der Waals surface area contributed by atoms with Gasteiger partial charge in [-0.15, -0.1) is 11.3 Å². The lowest BCUT2D eigenvalue weighted by Gasteiger charge is -2.12. The minimum Gasteiger partial charge on any atom is -0.504 e. The number of nitrogen functional groups attached to an aromatic ring is 1. The van der Waals surface area contributed by atoms with Crippen LogP contribution in [0.2, 0.25) is 0 Å². The Bertz CT molecular complexity index is 851. The Kier molecular flexibility index (Phi) is 3.60. The van der Waals surface area contributed by atoms with E-state index in [0.29, 0.717) is 4.88 Å². The predicted molar refractivity (Wildman–Crippen MR) is 83.3 cm³/mol. The van der Waals surface area contributed by atoms with Crippen LogP contribution in [0.25, 0.3) is 21.8 Å². The molecule has 0 aliphatic rings. The van der Waals surface area contributed by atoms with Crippen molar-refractivity contribution in [2.75, 3.05) is 5.73 Å². The molecule has 1 aromatic carbocycles. The number of aromatic hydroxyl groups is 1. The molecule has 120 valence electrons. The smallest absolute Gasteiger partial charge is 0.416 e. The third kappa shape index (κ3) is 2.68. The number of rotatable bonds is 2. The number of halogens is 3. The van der Waals surface area contributed by atoms with E-state index in [1.165, 1.54) is 30.4 Å². The van der Waals surface area contributed by atoms with Gasteiger partial charge in [-0.2, -0.15) is 13.2 Å². The maximum atomic E-state index is 13.1. The van der Waals surface area contributed by atoms with E-state index in [9.17, 15) is 18.3 Å². The minimum atomic E-state index is -4.48. The van der Waals surface area contributed by atoms with Crippen molar-refractivity contribution < 1.29 is 22.7 Å². The second kappa shape index (κ2) is 5.34. The molecule has 0 unspecified atom stereocenters. The fourth-order valence-corrected chi connectivity index (χ4v) is 3.08. The van der Waals surface area contributed by atoms with E-state index in [2.05, 4.69) is 0 Å². The van der Waals surface area contributed by atoms with Gasteiger partial charge in [0.05, 0.1) is 16.0 Å². The first-order chi connectivity index (χ1) is 10.8. The highest BCUT2D eigenvalue weighted by atomic mass is 32.1. The summed E-state index contributed by atoms with van der Waals surface area (Å²) in [6.45, 7) is 1.38. The van der Waals surface area contributed by atoms with Crippen LogP contribution >= 0.6 is 11.3 Å². The average Bonchev–Trinajstić information content (AvgIpc) is 3.07. The first-order valence-corrected chi connectivity index (χ1v) is 7.50. The van der Waals surface area contributed by atoms with Crippen molar-refractivity contribution in [2.24, 2.45) is 0 Å². The summed E-state index contributed by atoms with van der Waals surface area (Å²) >= 11 is 1.33. The molecule has 0 saturated heterocycles. The molecule has 23 heavy (non-hydrogen) atoms. The van der Waals surface area contributed by atoms with Gasteiger partial charge in [0.15, 0.2) is 11.5 Å². The minimum absolute atomic E-state index is 0.0684. The van der Waals surface area contributed by atoms with Gasteiger partial charge in [0.1, 0.15) is 0 Å². The molecule has 3 rings (SSSR count). The third-order valence-corrected chi connectivity index (χ3v) is 4.36. The summed E-state index contributed by atoms with van der Waals surface area (Å²) < 4.78 is 44.5. The first-order valence-electron chi connectivity index (χ1n) is 6.62. The van der Waals surface area contributed by atoms with Crippen LogP contribution in [0.15, 0.2) is 40.1 Å². The summed E-state index contributed by atoms with van der Waals surface area (Å²) in [5, 5.41) is 12.1. The van der Waals surface area contributed by atoms with E-state index in [0.717, 1.165) is 6.07 Å². The Morgan fingerprint density at radius 3 is 2.57 bits per heavy atom. The molecule has 0 amide bonds. The Balaban J connectivity index is 2.17. The molecule has 0 atom stereocenters. The molecule has 0 saturated carbocycles. The number of furan rings is 1. The molecule has 2 aromatic heterocycles. The van der Waals surface area contributed by atoms with Crippen LogP contribution in [-0.4, -0.2) is 5.11 Å². The Morgan fingerprint density at radius 1 is 1.22 bits per heavy atom. The molecule has 0 aliphatic carbocycles. The fraction of sp³-hybridized carbons (Fsp3) is 0.125. The first kappa shape index (κ1) is 15.5. The molecular weight excluding hydrogens is 327 g/mol. The number of anilines is 1. The van der Waals surface area contributed by atoms with Gasteiger partial charge in [-0.3, -0.25) is 0 Å². The van der Waals surface area contributed by atoms with E-state index < -0.39 is 11.7 Å². The van der Waals surface area contributed by atoms with E-state index in [1.807, 2.05) is 0 Å². The summed E-state index contributed by atoms with van der Waals surface area (Å²) in [4.78, 5) is 0.642. The van der Waals surface area contributed by atoms with Gasteiger partial charge in [-0.1, -0.05) is 18.2 Å². The van der Waals surface area contributed by atoms with Crippen LogP contribution in [0.3, 0.4) is 0 Å². The van der Waals surface area contributed by atoms with Gasteiger partial charge in [-0.25, -0.2) is 0 Å². The van der Waals surface area contributed by atoms with Gasteiger partial charge in [0.2, 0.25) is 5.88 Å². The highest BCUT2D eigenvalue weighted by Crippen LogP contribution is 2.47. The molecule has 0 spiro atoms. The SMILES string of the molecule is Cc1ccc(-c2c(N)oc(-c3cccs3)c2O)cc1C(F)(F)F. The molecule has 3 aromatic rings. The largest absolute Gasteiger partial charge is 0.504 e. The third-order valence-electron chi connectivity index (χ3n) is 3.49. The van der Waals surface area contributed by atoms with Crippen molar-refractivity contribution in [3.05, 3.63) is 46.8 Å². The van der Waals surface area contributed by atoms with E-state index in [-0.39, 0.29) is 34.1 Å². The molecular formula is C16H12F3NO2S. The molecule has 3 nitrogen and oxygen atoms in total. The van der Waals surface area contributed by atoms with Gasteiger partial charge in [0, 0.05) is 0 Å². The topological polar surface area (TPSA) is 59.4 Å². The molecule has 0 bridgehead atoms. The zero-order valence-corrected chi connectivity index (χ0v) is 12.8. The Labute approximate surface area is 133 Å². The molecule has 2 heterocycles. The van der Waals surface area contributed by atoms with E-state index in [4.69, 9.17) is 10.2 Å². The second-order valence-electron chi connectivity index (χ2n) is 5.02. The zero-order valence-electron chi connectivity index (χ0n) is 11.9. The molecule has 0 fully saturated rings. The zero-order chi connectivity index (χ0) is 16.8. The summed E-state index contributed by atoms with van der Waals surface area (Å²) in [7, 11) is 0. The molecule has 0 radical (unpaired) electrons. The van der Waals surface area contributed by atoms with E-state index >= 15 is 0 Å². The van der Waals surface area contributed by atoms with Crippen LogP contribution in [-0.2, 0) is 6.18 Å². The van der Waals surface area contributed by atoms with Crippen molar-refractivity contribution >= 4 is 17.2 Å². The normalized spacial score (nSPS) is 11.8. The lowest BCUT2D eigenvalue weighted by Crippen LogP contribution is -2.07. The Morgan fingerprint density at radius 2 is 1.96 bits per heavy atom. The van der Waals surface area contributed by atoms with Crippen LogP contribution in [0, 0.1) is 6.92 Å². The second-order valence-corrected chi connectivity index (χ2v) is 5.97. The summed E-state index contributed by atoms with van der Waals surface area (Å²) in [5.74, 6) is -0.230. The van der Waals surface area contributed by atoms with Crippen molar-refractivity contribution in [1.29, 1.82) is 0 Å². The standard InChI is InChI=1S/C16H12F3NO2S/c1-8-4-5-9(7-10(8)16(17,18)19)12-13(21)14(22-15(12)20)11-3-2-6-23-11/h2-7,21H,20H2,1H3. The van der Waals surface area contributed by atoms with Crippen molar-refractivity contribution in [3.63, 3.8) is 0 Å². The maximum Gasteiger partial charge on any atom is 0.416 e. The van der Waals surface area contributed by atoms with Crippen LogP contribution in [0.1, 0.15) is 11.1 Å². The van der Waals surface area contributed by atoms with Gasteiger partial charge in [0.25, 0.3) is 0 Å². The highest BCUT2D eigenvalue weighted by molar-refractivity contribution is 7.13. The van der Waals surface area contributed by atoms with Crippen molar-refractivity contribution in [1.82, 2.24) is 0 Å². The number of hydrogen-bond donors (Lipinski definition) is 2.